The van der Waals surface area contributed by atoms with Gasteiger partial charge in [-0.05, 0) is 80.4 Å². The SMILES string of the molecule is CCc1ccccc1-n1c(C)cc(/C=C2\C(=O)NC(=S)N(c3ccccc3C)C2=O)c1C. The first-order chi connectivity index (χ1) is 15.3. The number of benzene rings is 2. The van der Waals surface area contributed by atoms with Crippen LogP contribution in [0.25, 0.3) is 11.8 Å². The highest BCUT2D eigenvalue weighted by atomic mass is 32.1. The first kappa shape index (κ1) is 21.7. The Morgan fingerprint density at radius 3 is 2.31 bits per heavy atom. The molecule has 0 aliphatic carbocycles. The summed E-state index contributed by atoms with van der Waals surface area (Å²) in [6, 6.07) is 17.7. The van der Waals surface area contributed by atoms with Gasteiger partial charge in [-0.2, -0.15) is 0 Å². The summed E-state index contributed by atoms with van der Waals surface area (Å²) < 4.78 is 2.17. The molecule has 1 fully saturated rings. The predicted molar refractivity (Wildman–Crippen MR) is 132 cm³/mol. The van der Waals surface area contributed by atoms with E-state index in [1.54, 1.807) is 6.08 Å². The lowest BCUT2D eigenvalue weighted by atomic mass is 10.1. The average molecular weight is 444 g/mol. The molecule has 3 aromatic rings. The first-order valence-electron chi connectivity index (χ1n) is 10.6. The van der Waals surface area contributed by atoms with Crippen molar-refractivity contribution in [2.45, 2.75) is 34.1 Å². The third kappa shape index (κ3) is 3.67. The summed E-state index contributed by atoms with van der Waals surface area (Å²) in [5.41, 5.74) is 6.78. The van der Waals surface area contributed by atoms with Crippen LogP contribution in [0.5, 0.6) is 0 Å². The largest absolute Gasteiger partial charge is 0.318 e. The van der Waals surface area contributed by atoms with Gasteiger partial charge in [0.05, 0.1) is 5.69 Å². The molecule has 0 spiro atoms. The number of hydrogen-bond donors (Lipinski definition) is 1. The average Bonchev–Trinajstić information content (AvgIpc) is 3.05. The number of nitrogens with one attached hydrogen (secondary N) is 1. The lowest BCUT2D eigenvalue weighted by Crippen LogP contribution is -2.54. The number of carbonyl (C=O) groups is 2. The summed E-state index contributed by atoms with van der Waals surface area (Å²) in [6.45, 7) is 8.06. The van der Waals surface area contributed by atoms with Gasteiger partial charge in [0.15, 0.2) is 5.11 Å². The second-order valence-corrected chi connectivity index (χ2v) is 8.28. The van der Waals surface area contributed by atoms with Gasteiger partial charge in [-0.3, -0.25) is 19.8 Å². The molecule has 1 N–H and O–H groups in total. The fraction of sp³-hybridized carbons (Fsp3) is 0.192. The smallest absolute Gasteiger partial charge is 0.270 e. The van der Waals surface area contributed by atoms with Crippen molar-refractivity contribution in [3.8, 4) is 5.69 Å². The second kappa shape index (κ2) is 8.55. The van der Waals surface area contributed by atoms with Crippen LogP contribution < -0.4 is 10.2 Å². The zero-order valence-corrected chi connectivity index (χ0v) is 19.4. The number of anilines is 1. The Morgan fingerprint density at radius 2 is 1.62 bits per heavy atom. The van der Waals surface area contributed by atoms with Gasteiger partial charge in [0, 0.05) is 17.1 Å². The van der Waals surface area contributed by atoms with Crippen LogP contribution in [0.15, 0.2) is 60.2 Å². The zero-order valence-electron chi connectivity index (χ0n) is 18.6. The maximum absolute atomic E-state index is 13.4. The first-order valence-corrected chi connectivity index (χ1v) is 11.0. The molecular weight excluding hydrogens is 418 g/mol. The van der Waals surface area contributed by atoms with Crippen molar-refractivity contribution < 1.29 is 9.59 Å². The van der Waals surface area contributed by atoms with Gasteiger partial charge in [-0.25, -0.2) is 0 Å². The zero-order chi connectivity index (χ0) is 23.0. The van der Waals surface area contributed by atoms with Crippen molar-refractivity contribution in [2.24, 2.45) is 0 Å². The molecule has 2 heterocycles. The molecule has 32 heavy (non-hydrogen) atoms. The number of rotatable bonds is 4. The molecule has 5 nitrogen and oxygen atoms in total. The predicted octanol–water partition coefficient (Wildman–Crippen LogP) is 4.80. The van der Waals surface area contributed by atoms with Crippen molar-refractivity contribution in [3.63, 3.8) is 0 Å². The molecule has 162 valence electrons. The number of aryl methyl sites for hydroxylation is 3. The van der Waals surface area contributed by atoms with Crippen molar-refractivity contribution >= 4 is 40.9 Å². The highest BCUT2D eigenvalue weighted by molar-refractivity contribution is 7.80. The maximum Gasteiger partial charge on any atom is 0.270 e. The van der Waals surface area contributed by atoms with Crippen LogP contribution in [-0.4, -0.2) is 21.5 Å². The third-order valence-electron chi connectivity index (χ3n) is 5.84. The van der Waals surface area contributed by atoms with Gasteiger partial charge in [0.25, 0.3) is 11.8 Å². The van der Waals surface area contributed by atoms with Crippen molar-refractivity contribution in [2.75, 3.05) is 4.90 Å². The molecule has 1 aliphatic heterocycles. The monoisotopic (exact) mass is 443 g/mol. The topological polar surface area (TPSA) is 54.3 Å². The summed E-state index contributed by atoms with van der Waals surface area (Å²) in [6.07, 6.45) is 2.57. The van der Waals surface area contributed by atoms with E-state index in [1.165, 1.54) is 10.5 Å². The van der Waals surface area contributed by atoms with Crippen LogP contribution in [0.2, 0.25) is 0 Å². The summed E-state index contributed by atoms with van der Waals surface area (Å²) in [5, 5.41) is 2.76. The number of aromatic nitrogens is 1. The fourth-order valence-corrected chi connectivity index (χ4v) is 4.45. The van der Waals surface area contributed by atoms with Crippen molar-refractivity contribution in [1.29, 1.82) is 0 Å². The van der Waals surface area contributed by atoms with E-state index in [9.17, 15) is 9.59 Å². The van der Waals surface area contributed by atoms with Crippen LogP contribution in [0, 0.1) is 20.8 Å². The number of amides is 2. The van der Waals surface area contributed by atoms with Crippen molar-refractivity contribution in [1.82, 2.24) is 9.88 Å². The molecule has 0 saturated carbocycles. The van der Waals surface area contributed by atoms with E-state index < -0.39 is 11.8 Å². The highest BCUT2D eigenvalue weighted by Crippen LogP contribution is 2.28. The van der Waals surface area contributed by atoms with Gasteiger partial charge in [0.2, 0.25) is 0 Å². The van der Waals surface area contributed by atoms with Gasteiger partial charge in [-0.15, -0.1) is 0 Å². The number of para-hydroxylation sites is 2. The number of carbonyl (C=O) groups excluding carboxylic acids is 2. The van der Waals surface area contributed by atoms with Gasteiger partial charge in [-0.1, -0.05) is 43.3 Å². The van der Waals surface area contributed by atoms with Gasteiger partial charge < -0.3 is 4.57 Å². The van der Waals surface area contributed by atoms with Crippen LogP contribution >= 0.6 is 12.2 Å². The molecule has 1 aliphatic rings. The van der Waals surface area contributed by atoms with Crippen LogP contribution in [0.1, 0.15) is 35.0 Å². The molecular formula is C26H25N3O2S. The molecule has 6 heteroatoms. The van der Waals surface area contributed by atoms with E-state index >= 15 is 0 Å². The minimum absolute atomic E-state index is 0.0610. The Morgan fingerprint density at radius 1 is 0.969 bits per heavy atom. The molecule has 4 rings (SSSR count). The van der Waals surface area contributed by atoms with E-state index in [1.807, 2.05) is 63.2 Å². The van der Waals surface area contributed by atoms with Gasteiger partial charge in [0.1, 0.15) is 5.57 Å². The lowest BCUT2D eigenvalue weighted by molar-refractivity contribution is -0.122. The Bertz CT molecular complexity index is 1290. The molecule has 0 unspecified atom stereocenters. The summed E-state index contributed by atoms with van der Waals surface area (Å²) >= 11 is 5.32. The number of nitrogens with zero attached hydrogens (tertiary/aromatic N) is 2. The molecule has 2 aromatic carbocycles. The minimum atomic E-state index is -0.483. The van der Waals surface area contributed by atoms with E-state index in [0.717, 1.165) is 34.6 Å². The standard InChI is InChI=1S/C26H25N3O2S/c1-5-19-11-7-9-13-23(19)28-17(3)14-20(18(28)4)15-21-24(30)27-26(32)29(25(21)31)22-12-8-6-10-16(22)2/h6-15H,5H2,1-4H3,(H,27,30,32)/b21-15+. The Hall–Kier alpha value is -3.51. The minimum Gasteiger partial charge on any atom is -0.318 e. The Kier molecular flexibility index (Phi) is 5.80. The highest BCUT2D eigenvalue weighted by Gasteiger charge is 2.35. The Balaban J connectivity index is 1.80. The molecule has 2 amide bonds. The van der Waals surface area contributed by atoms with E-state index in [2.05, 4.69) is 28.9 Å². The summed E-state index contributed by atoms with van der Waals surface area (Å²) in [4.78, 5) is 27.5. The van der Waals surface area contributed by atoms with Crippen molar-refractivity contribution in [3.05, 3.63) is 88.2 Å². The molecule has 1 aromatic heterocycles. The van der Waals surface area contributed by atoms with Crippen LogP contribution in [0.3, 0.4) is 0 Å². The summed E-state index contributed by atoms with van der Waals surface area (Å²) in [7, 11) is 0. The maximum atomic E-state index is 13.4. The molecule has 1 saturated heterocycles. The fourth-order valence-electron chi connectivity index (χ4n) is 4.18. The van der Waals surface area contributed by atoms with E-state index in [-0.39, 0.29) is 10.7 Å². The molecule has 0 radical (unpaired) electrons. The molecule has 0 bridgehead atoms. The summed E-state index contributed by atoms with van der Waals surface area (Å²) in [5.74, 6) is -0.907. The van der Waals surface area contributed by atoms with E-state index in [4.69, 9.17) is 12.2 Å². The van der Waals surface area contributed by atoms with Gasteiger partial charge >= 0.3 is 0 Å². The number of thiocarbonyl (C=S) groups is 1. The lowest BCUT2D eigenvalue weighted by Gasteiger charge is -2.30. The van der Waals surface area contributed by atoms with E-state index in [0.29, 0.717) is 5.69 Å². The van der Waals surface area contributed by atoms with Crippen LogP contribution in [-0.2, 0) is 16.0 Å². The molecule has 0 atom stereocenters. The Labute approximate surface area is 193 Å². The second-order valence-electron chi connectivity index (χ2n) is 7.89. The third-order valence-corrected chi connectivity index (χ3v) is 6.13. The normalized spacial score (nSPS) is 15.4. The van der Waals surface area contributed by atoms with Crippen LogP contribution in [0.4, 0.5) is 5.69 Å². The quantitative estimate of drug-likeness (QED) is 0.358. The number of hydrogen-bond acceptors (Lipinski definition) is 3.